The molecule has 0 spiro atoms. The number of alkyl carbamates (subject to hydrolysis) is 1. The molecule has 0 unspecified atom stereocenters. The van der Waals surface area contributed by atoms with Crippen molar-refractivity contribution in [3.8, 4) is 11.1 Å². The first-order valence-electron chi connectivity index (χ1n) is 13.3. The van der Waals surface area contributed by atoms with Gasteiger partial charge >= 0.3 is 6.09 Å². The van der Waals surface area contributed by atoms with Crippen LogP contribution < -0.4 is 16.4 Å². The van der Waals surface area contributed by atoms with Crippen molar-refractivity contribution in [2.24, 2.45) is 4.99 Å². The van der Waals surface area contributed by atoms with Crippen LogP contribution in [0.15, 0.2) is 61.5 Å². The number of ether oxygens (including phenoxy) is 1. The van der Waals surface area contributed by atoms with Crippen molar-refractivity contribution in [3.05, 3.63) is 48.0 Å². The first-order chi connectivity index (χ1) is 20.4. The summed E-state index contributed by atoms with van der Waals surface area (Å²) in [5.74, 6) is -0.504. The standard InChI is InChI=1S/C29H36N4O7S4/c1-18-20(21-13-12-19(30)15-22(21)33-25(34)11-8-14-43(6,36)37)9-7-10-23(18)44(38,39)24-16-26(42-27(24)41-5)31-17-32-28(35)40-29(2,3)4/h7,9-10,12-13,15-17H,8,11,14,30H2,1-6H3,(H,33,34)(H,31,32,35). The molecule has 1 heterocycles. The Labute approximate surface area is 266 Å². The van der Waals surface area contributed by atoms with Gasteiger partial charge in [0.05, 0.1) is 31.8 Å². The molecule has 0 radical (unpaired) electrons. The molecule has 238 valence electrons. The van der Waals surface area contributed by atoms with Crippen molar-refractivity contribution in [1.82, 2.24) is 5.32 Å². The number of nitrogen functional groups attached to an aromatic ring is 1. The number of benzene rings is 2. The lowest BCUT2D eigenvalue weighted by Crippen LogP contribution is -2.31. The molecule has 2 amide bonds. The third-order valence-corrected chi connectivity index (χ3v) is 11.4. The summed E-state index contributed by atoms with van der Waals surface area (Å²) in [6, 6.07) is 11.3. The molecule has 0 atom stereocenters. The molecule has 0 aliphatic carbocycles. The van der Waals surface area contributed by atoms with Crippen LogP contribution in [0, 0.1) is 6.92 Å². The quantitative estimate of drug-likeness (QED) is 0.0977. The number of rotatable bonds is 11. The molecule has 0 fully saturated rings. The predicted molar refractivity (Wildman–Crippen MR) is 178 cm³/mol. The summed E-state index contributed by atoms with van der Waals surface area (Å²) in [4.78, 5) is 28.9. The number of aliphatic imine (C=N–C) groups is 1. The highest BCUT2D eigenvalue weighted by Crippen LogP contribution is 2.42. The average Bonchev–Trinajstić information content (AvgIpc) is 3.31. The number of nitrogens with one attached hydrogen (secondary N) is 2. The minimum atomic E-state index is -4.02. The number of carbonyl (C=O) groups excluding carboxylic acids is 2. The van der Waals surface area contributed by atoms with Crippen molar-refractivity contribution in [3.63, 3.8) is 0 Å². The average molecular weight is 681 g/mol. The Morgan fingerprint density at radius 3 is 2.41 bits per heavy atom. The maximum absolute atomic E-state index is 14.0. The van der Waals surface area contributed by atoms with E-state index in [-0.39, 0.29) is 34.3 Å². The molecule has 15 heteroatoms. The third-order valence-electron chi connectivity index (χ3n) is 6.00. The van der Waals surface area contributed by atoms with Crippen LogP contribution >= 0.6 is 23.1 Å². The number of nitrogens with zero attached hydrogens (tertiary/aromatic N) is 1. The molecular formula is C29H36N4O7S4. The Balaban J connectivity index is 1.94. The van der Waals surface area contributed by atoms with Gasteiger partial charge in [-0.05, 0) is 75.8 Å². The minimum Gasteiger partial charge on any atom is -0.444 e. The number of carbonyl (C=O) groups is 2. The molecule has 1 aromatic heterocycles. The van der Waals surface area contributed by atoms with Gasteiger partial charge in [0, 0.05) is 23.9 Å². The number of hydrogen-bond donors (Lipinski definition) is 3. The molecule has 4 N–H and O–H groups in total. The molecule has 44 heavy (non-hydrogen) atoms. The molecule has 0 aliphatic rings. The van der Waals surface area contributed by atoms with E-state index in [1.54, 1.807) is 64.3 Å². The van der Waals surface area contributed by atoms with Crippen molar-refractivity contribution < 1.29 is 31.2 Å². The fourth-order valence-corrected chi connectivity index (χ4v) is 8.87. The van der Waals surface area contributed by atoms with Gasteiger partial charge in [-0.3, -0.25) is 10.1 Å². The smallest absolute Gasteiger partial charge is 0.412 e. The number of amides is 2. The molecule has 0 saturated heterocycles. The van der Waals surface area contributed by atoms with Crippen LogP contribution in [0.1, 0.15) is 39.2 Å². The van der Waals surface area contributed by atoms with E-state index in [9.17, 15) is 26.4 Å². The Hall–Kier alpha value is -3.40. The van der Waals surface area contributed by atoms with E-state index in [1.807, 2.05) is 0 Å². The van der Waals surface area contributed by atoms with E-state index in [4.69, 9.17) is 10.5 Å². The Morgan fingerprint density at radius 2 is 1.77 bits per heavy atom. The fourth-order valence-electron chi connectivity index (χ4n) is 4.12. The van der Waals surface area contributed by atoms with Crippen LogP contribution in [-0.4, -0.2) is 59.0 Å². The molecule has 0 saturated carbocycles. The van der Waals surface area contributed by atoms with E-state index >= 15 is 0 Å². The first kappa shape index (κ1) is 35.1. The molecule has 3 rings (SSSR count). The zero-order valence-electron chi connectivity index (χ0n) is 25.3. The van der Waals surface area contributed by atoms with E-state index < -0.39 is 31.4 Å². The number of sulfone groups is 2. The normalized spacial score (nSPS) is 12.3. The second-order valence-corrected chi connectivity index (χ2v) is 17.1. The van der Waals surface area contributed by atoms with Crippen LogP contribution in [0.4, 0.5) is 21.2 Å². The van der Waals surface area contributed by atoms with Crippen molar-refractivity contribution in [2.45, 2.75) is 60.1 Å². The number of thioether (sulfide) groups is 1. The van der Waals surface area contributed by atoms with E-state index in [0.29, 0.717) is 37.3 Å². The second-order valence-electron chi connectivity index (χ2n) is 10.9. The largest absolute Gasteiger partial charge is 0.444 e. The number of hydrogen-bond acceptors (Lipinski definition) is 11. The van der Waals surface area contributed by atoms with E-state index in [2.05, 4.69) is 15.6 Å². The van der Waals surface area contributed by atoms with Crippen molar-refractivity contribution in [1.29, 1.82) is 0 Å². The van der Waals surface area contributed by atoms with Gasteiger partial charge in [-0.1, -0.05) is 18.2 Å². The summed E-state index contributed by atoms with van der Waals surface area (Å²) in [6.07, 6.45) is 3.50. The summed E-state index contributed by atoms with van der Waals surface area (Å²) in [5, 5.41) is 5.58. The van der Waals surface area contributed by atoms with Gasteiger partial charge in [0.25, 0.3) is 0 Å². The molecule has 3 aromatic rings. The topological polar surface area (TPSA) is 174 Å². The zero-order valence-corrected chi connectivity index (χ0v) is 28.5. The molecular weight excluding hydrogens is 645 g/mol. The van der Waals surface area contributed by atoms with E-state index in [0.717, 1.165) is 12.6 Å². The minimum absolute atomic E-state index is 0.0115. The van der Waals surface area contributed by atoms with Crippen LogP contribution in [0.5, 0.6) is 0 Å². The molecule has 11 nitrogen and oxygen atoms in total. The van der Waals surface area contributed by atoms with Crippen LogP contribution in [0.3, 0.4) is 0 Å². The second kappa shape index (κ2) is 14.1. The molecule has 2 aromatic carbocycles. The van der Waals surface area contributed by atoms with Gasteiger partial charge in [-0.15, -0.1) is 23.1 Å². The SMILES string of the molecule is CSc1sc(N=CNC(=O)OC(C)(C)C)cc1S(=O)(=O)c1cccc(-c2ccc(N)cc2NC(=O)CCCS(C)(=O)=O)c1C. The van der Waals surface area contributed by atoms with Crippen LogP contribution in [-0.2, 0) is 29.2 Å². The van der Waals surface area contributed by atoms with Gasteiger partial charge in [0.2, 0.25) is 15.7 Å². The van der Waals surface area contributed by atoms with Crippen molar-refractivity contribution in [2.75, 3.05) is 29.3 Å². The molecule has 0 aliphatic heterocycles. The highest BCUT2D eigenvalue weighted by atomic mass is 32.2. The van der Waals surface area contributed by atoms with Gasteiger partial charge in [-0.25, -0.2) is 26.6 Å². The van der Waals surface area contributed by atoms with Crippen LogP contribution in [0.25, 0.3) is 11.1 Å². The van der Waals surface area contributed by atoms with E-state index in [1.165, 1.54) is 35.2 Å². The van der Waals surface area contributed by atoms with Crippen LogP contribution in [0.2, 0.25) is 0 Å². The maximum Gasteiger partial charge on any atom is 0.412 e. The lowest BCUT2D eigenvalue weighted by atomic mass is 9.98. The number of anilines is 2. The lowest BCUT2D eigenvalue weighted by Gasteiger charge is -2.18. The third kappa shape index (κ3) is 9.55. The van der Waals surface area contributed by atoms with Gasteiger partial charge in [-0.2, -0.15) is 0 Å². The number of thiophene rings is 1. The summed E-state index contributed by atoms with van der Waals surface area (Å²) in [7, 11) is -7.23. The summed E-state index contributed by atoms with van der Waals surface area (Å²) in [6.45, 7) is 6.88. The zero-order chi connectivity index (χ0) is 32.9. The maximum atomic E-state index is 14.0. The summed E-state index contributed by atoms with van der Waals surface area (Å²) >= 11 is 2.43. The van der Waals surface area contributed by atoms with Gasteiger partial charge < -0.3 is 15.8 Å². The monoisotopic (exact) mass is 680 g/mol. The van der Waals surface area contributed by atoms with Gasteiger partial charge in [0.15, 0.2) is 0 Å². The Morgan fingerprint density at radius 1 is 1.07 bits per heavy atom. The predicted octanol–water partition coefficient (Wildman–Crippen LogP) is 5.81. The van der Waals surface area contributed by atoms with Gasteiger partial charge in [0.1, 0.15) is 20.4 Å². The lowest BCUT2D eigenvalue weighted by molar-refractivity contribution is -0.116. The summed E-state index contributed by atoms with van der Waals surface area (Å²) in [5.41, 5.74) is 7.66. The fraction of sp³-hybridized carbons (Fsp3) is 0.345. The highest BCUT2D eigenvalue weighted by Gasteiger charge is 2.27. The Kier molecular flexibility index (Phi) is 11.3. The number of nitrogens with two attached hydrogens (primary N) is 1. The first-order valence-corrected chi connectivity index (χ1v) is 18.9. The highest BCUT2D eigenvalue weighted by molar-refractivity contribution is 8.01. The van der Waals surface area contributed by atoms with Crippen molar-refractivity contribution >= 4 is 77.5 Å². The molecule has 0 bridgehead atoms. The Bertz CT molecular complexity index is 1790. The summed E-state index contributed by atoms with van der Waals surface area (Å²) < 4.78 is 56.6.